The first-order chi connectivity index (χ1) is 20.1. The second kappa shape index (κ2) is 14.3. The first kappa shape index (κ1) is 28.8. The van der Waals surface area contributed by atoms with Crippen LogP contribution in [-0.4, -0.2) is 34.8 Å². The number of carbonyl (C=O) groups is 1. The second-order valence-electron chi connectivity index (χ2n) is 11.9. The first-order valence-corrected chi connectivity index (χ1v) is 15.3. The molecule has 1 amide bonds. The number of rotatable bonds is 12. The Balaban J connectivity index is 1.46. The molecule has 5 rings (SSSR count). The molecule has 3 nitrogen and oxygen atoms in total. The number of benzene rings is 4. The maximum Gasteiger partial charge on any atom is 0.225 e. The summed E-state index contributed by atoms with van der Waals surface area (Å²) in [5.74, 6) is 0.651. The van der Waals surface area contributed by atoms with Gasteiger partial charge in [-0.15, -0.1) is 0 Å². The highest BCUT2D eigenvalue weighted by Crippen LogP contribution is 2.29. The molecule has 0 bridgehead atoms. The largest absolute Gasteiger partial charge is 0.342 e. The minimum absolute atomic E-state index is 0.00994. The molecule has 0 spiro atoms. The molecular formula is C38H44N2O. The van der Waals surface area contributed by atoms with E-state index >= 15 is 0 Å². The van der Waals surface area contributed by atoms with Gasteiger partial charge in [-0.3, -0.25) is 9.69 Å². The summed E-state index contributed by atoms with van der Waals surface area (Å²) in [5.41, 5.74) is 6.40. The number of amides is 1. The normalized spacial score (nSPS) is 14.9. The lowest BCUT2D eigenvalue weighted by atomic mass is 9.85. The molecule has 0 saturated carbocycles. The Labute approximate surface area is 246 Å². The zero-order valence-electron chi connectivity index (χ0n) is 24.7. The molecule has 0 N–H and O–H groups in total. The lowest BCUT2D eigenvalue weighted by Crippen LogP contribution is -2.43. The van der Waals surface area contributed by atoms with E-state index in [1.807, 2.05) is 0 Å². The Morgan fingerprint density at radius 1 is 0.659 bits per heavy atom. The molecule has 0 aromatic heterocycles. The van der Waals surface area contributed by atoms with Crippen LogP contribution in [0.4, 0.5) is 0 Å². The van der Waals surface area contributed by atoms with Crippen molar-refractivity contribution in [2.75, 3.05) is 13.1 Å². The fraction of sp³-hybridized carbons (Fsp3) is 0.342. The number of nitrogens with zero attached hydrogens (tertiary/aromatic N) is 2. The van der Waals surface area contributed by atoms with Gasteiger partial charge in [0.05, 0.1) is 0 Å². The van der Waals surface area contributed by atoms with Crippen LogP contribution in [0.3, 0.4) is 0 Å². The van der Waals surface area contributed by atoms with Gasteiger partial charge >= 0.3 is 0 Å². The van der Waals surface area contributed by atoms with Crippen LogP contribution >= 0.6 is 0 Å². The standard InChI is InChI=1S/C38H44N2O/c1-30(2)37(38(41)39-24-12-13-25-39)27-36(26-31-20-22-35(23-21-31)34-18-10-5-11-19-34)40(28-32-14-6-3-7-15-32)29-33-16-8-4-9-17-33/h3-11,14-23,30,36-37H,12-13,24-29H2,1-2H3. The summed E-state index contributed by atoms with van der Waals surface area (Å²) < 4.78 is 0. The van der Waals surface area contributed by atoms with Gasteiger partial charge in [-0.25, -0.2) is 0 Å². The molecule has 4 aromatic rings. The Morgan fingerprint density at radius 3 is 1.66 bits per heavy atom. The third-order valence-corrected chi connectivity index (χ3v) is 8.57. The molecule has 1 aliphatic heterocycles. The van der Waals surface area contributed by atoms with Crippen molar-refractivity contribution < 1.29 is 4.79 Å². The molecule has 2 atom stereocenters. The minimum atomic E-state index is 0.00994. The fourth-order valence-electron chi connectivity index (χ4n) is 6.17. The second-order valence-corrected chi connectivity index (χ2v) is 11.9. The van der Waals surface area contributed by atoms with E-state index in [1.54, 1.807) is 0 Å². The monoisotopic (exact) mass is 544 g/mol. The van der Waals surface area contributed by atoms with E-state index in [-0.39, 0.29) is 12.0 Å². The highest BCUT2D eigenvalue weighted by atomic mass is 16.2. The van der Waals surface area contributed by atoms with Crippen LogP contribution in [0, 0.1) is 11.8 Å². The molecular weight excluding hydrogens is 500 g/mol. The van der Waals surface area contributed by atoms with Gasteiger partial charge in [0.1, 0.15) is 0 Å². The van der Waals surface area contributed by atoms with Crippen LogP contribution in [0.5, 0.6) is 0 Å². The molecule has 41 heavy (non-hydrogen) atoms. The Morgan fingerprint density at radius 2 is 1.15 bits per heavy atom. The van der Waals surface area contributed by atoms with Gasteiger partial charge in [-0.05, 0) is 59.4 Å². The maximum absolute atomic E-state index is 13.8. The van der Waals surface area contributed by atoms with Crippen LogP contribution in [0.1, 0.15) is 49.8 Å². The molecule has 4 aromatic carbocycles. The zero-order chi connectivity index (χ0) is 28.4. The van der Waals surface area contributed by atoms with E-state index in [9.17, 15) is 4.79 Å². The van der Waals surface area contributed by atoms with E-state index in [2.05, 4.69) is 139 Å². The predicted octanol–water partition coefficient (Wildman–Crippen LogP) is 8.25. The summed E-state index contributed by atoms with van der Waals surface area (Å²) in [4.78, 5) is 18.6. The maximum atomic E-state index is 13.8. The van der Waals surface area contributed by atoms with Crippen molar-refractivity contribution in [3.05, 3.63) is 132 Å². The van der Waals surface area contributed by atoms with Crippen molar-refractivity contribution in [2.45, 2.75) is 58.7 Å². The van der Waals surface area contributed by atoms with Gasteiger partial charge < -0.3 is 4.90 Å². The molecule has 1 fully saturated rings. The average molecular weight is 545 g/mol. The van der Waals surface area contributed by atoms with Gasteiger partial charge in [-0.2, -0.15) is 0 Å². The van der Waals surface area contributed by atoms with E-state index < -0.39 is 0 Å². The highest BCUT2D eigenvalue weighted by molar-refractivity contribution is 5.79. The van der Waals surface area contributed by atoms with Crippen LogP contribution in [0.25, 0.3) is 11.1 Å². The summed E-state index contributed by atoms with van der Waals surface area (Å²) in [6.45, 7) is 7.97. The quantitative estimate of drug-likeness (QED) is 0.179. The molecule has 0 radical (unpaired) electrons. The lowest BCUT2D eigenvalue weighted by molar-refractivity contribution is -0.136. The van der Waals surface area contributed by atoms with Gasteiger partial charge in [0.2, 0.25) is 5.91 Å². The van der Waals surface area contributed by atoms with Gasteiger partial charge in [0.15, 0.2) is 0 Å². The number of carbonyl (C=O) groups excluding carboxylic acids is 1. The van der Waals surface area contributed by atoms with Crippen molar-refractivity contribution in [1.29, 1.82) is 0 Å². The van der Waals surface area contributed by atoms with Crippen LogP contribution in [0.15, 0.2) is 115 Å². The van der Waals surface area contributed by atoms with Crippen molar-refractivity contribution in [1.82, 2.24) is 9.80 Å². The molecule has 3 heteroatoms. The zero-order valence-corrected chi connectivity index (χ0v) is 24.7. The SMILES string of the molecule is CC(C)C(CC(Cc1ccc(-c2ccccc2)cc1)N(Cc1ccccc1)Cc1ccccc1)C(=O)N1CCCC1. The molecule has 1 aliphatic rings. The number of likely N-dealkylation sites (tertiary alicyclic amines) is 1. The molecule has 0 aliphatic carbocycles. The number of hydrogen-bond acceptors (Lipinski definition) is 2. The van der Waals surface area contributed by atoms with Crippen molar-refractivity contribution in [3.63, 3.8) is 0 Å². The van der Waals surface area contributed by atoms with Crippen molar-refractivity contribution in [2.24, 2.45) is 11.8 Å². The van der Waals surface area contributed by atoms with E-state index in [1.165, 1.54) is 27.8 Å². The first-order valence-electron chi connectivity index (χ1n) is 15.3. The van der Waals surface area contributed by atoms with Gasteiger partial charge in [0.25, 0.3) is 0 Å². The summed E-state index contributed by atoms with van der Waals surface area (Å²) in [5, 5.41) is 0. The van der Waals surface area contributed by atoms with Crippen LogP contribution in [-0.2, 0) is 24.3 Å². The smallest absolute Gasteiger partial charge is 0.225 e. The third kappa shape index (κ3) is 7.95. The Bertz CT molecular complexity index is 1290. The van der Waals surface area contributed by atoms with Crippen molar-refractivity contribution in [3.8, 4) is 11.1 Å². The highest BCUT2D eigenvalue weighted by Gasteiger charge is 2.33. The number of hydrogen-bond donors (Lipinski definition) is 0. The fourth-order valence-corrected chi connectivity index (χ4v) is 6.17. The molecule has 1 heterocycles. The van der Waals surface area contributed by atoms with Gasteiger partial charge in [-0.1, -0.05) is 129 Å². The summed E-state index contributed by atoms with van der Waals surface area (Å²) in [6, 6.07) is 41.4. The van der Waals surface area contributed by atoms with Gasteiger partial charge in [0, 0.05) is 38.1 Å². The molecule has 2 unspecified atom stereocenters. The lowest BCUT2D eigenvalue weighted by Gasteiger charge is -2.36. The Kier molecular flexibility index (Phi) is 10.0. The van der Waals surface area contributed by atoms with E-state index in [0.29, 0.717) is 11.8 Å². The Hall–Kier alpha value is -3.69. The topological polar surface area (TPSA) is 23.6 Å². The third-order valence-electron chi connectivity index (χ3n) is 8.57. The summed E-state index contributed by atoms with van der Waals surface area (Å²) >= 11 is 0. The summed E-state index contributed by atoms with van der Waals surface area (Å²) in [6.07, 6.45) is 4.02. The van der Waals surface area contributed by atoms with E-state index in [0.717, 1.165) is 51.9 Å². The summed E-state index contributed by atoms with van der Waals surface area (Å²) in [7, 11) is 0. The minimum Gasteiger partial charge on any atom is -0.342 e. The van der Waals surface area contributed by atoms with Crippen molar-refractivity contribution >= 4 is 5.91 Å². The van der Waals surface area contributed by atoms with E-state index in [4.69, 9.17) is 0 Å². The predicted molar refractivity (Wildman–Crippen MR) is 170 cm³/mol. The van der Waals surface area contributed by atoms with Crippen LogP contribution < -0.4 is 0 Å². The average Bonchev–Trinajstić information content (AvgIpc) is 3.56. The van der Waals surface area contributed by atoms with Crippen LogP contribution in [0.2, 0.25) is 0 Å². The molecule has 1 saturated heterocycles. The molecule has 212 valence electrons.